The van der Waals surface area contributed by atoms with Crippen molar-refractivity contribution in [2.24, 2.45) is 0 Å². The third-order valence-electron chi connectivity index (χ3n) is 2.15. The Morgan fingerprint density at radius 1 is 1.30 bits per heavy atom. The second-order valence-electron chi connectivity index (χ2n) is 3.66. The van der Waals surface area contributed by atoms with E-state index in [2.05, 4.69) is 4.74 Å². The summed E-state index contributed by atoms with van der Waals surface area (Å²) < 4.78 is 4.53. The van der Waals surface area contributed by atoms with E-state index in [1.807, 2.05) is 0 Å². The molecule has 0 radical (unpaired) electrons. The lowest BCUT2D eigenvalue weighted by Gasteiger charge is -1.99. The summed E-state index contributed by atoms with van der Waals surface area (Å²) in [4.78, 5) is 22.6. The average Bonchev–Trinajstić information content (AvgIpc) is 2.40. The zero-order valence-corrected chi connectivity index (χ0v) is 12.1. The summed E-state index contributed by atoms with van der Waals surface area (Å²) in [6.45, 7) is 1.71. The molecule has 0 fully saturated rings. The van der Waals surface area contributed by atoms with Crippen molar-refractivity contribution >= 4 is 41.0 Å². The minimum absolute atomic E-state index is 0.115. The number of aliphatic hydroxyl groups is 1. The number of carbonyl (C=O) groups excluding carboxylic acids is 2. The maximum Gasteiger partial charge on any atom is 0.373 e. The SMILES string of the molecule is CCOC(=O)/C(O)=C/C(=O)/C=C/c1ccc(Cl)c(Cl)c1. The number of esters is 1. The van der Waals surface area contributed by atoms with E-state index in [0.717, 1.165) is 6.08 Å². The summed E-state index contributed by atoms with van der Waals surface area (Å²) in [7, 11) is 0. The fraction of sp³-hybridized carbons (Fsp3) is 0.143. The number of aliphatic hydroxyl groups excluding tert-OH is 1. The molecule has 20 heavy (non-hydrogen) atoms. The van der Waals surface area contributed by atoms with Gasteiger partial charge in [0.2, 0.25) is 5.76 Å². The van der Waals surface area contributed by atoms with Gasteiger partial charge in [-0.3, -0.25) is 4.79 Å². The molecule has 0 aliphatic rings. The first kappa shape index (κ1) is 16.3. The van der Waals surface area contributed by atoms with E-state index in [1.165, 1.54) is 12.2 Å². The molecule has 0 unspecified atom stereocenters. The van der Waals surface area contributed by atoms with Crippen molar-refractivity contribution in [3.8, 4) is 0 Å². The van der Waals surface area contributed by atoms with Gasteiger partial charge in [0.05, 0.1) is 16.7 Å². The first-order valence-electron chi connectivity index (χ1n) is 5.69. The maximum atomic E-state index is 11.5. The van der Waals surface area contributed by atoms with Gasteiger partial charge in [-0.05, 0) is 30.7 Å². The summed E-state index contributed by atoms with van der Waals surface area (Å²) in [5.74, 6) is -2.24. The van der Waals surface area contributed by atoms with Crippen LogP contribution in [-0.2, 0) is 14.3 Å². The van der Waals surface area contributed by atoms with Crippen LogP contribution in [0, 0.1) is 0 Å². The van der Waals surface area contributed by atoms with Crippen LogP contribution >= 0.6 is 23.2 Å². The zero-order chi connectivity index (χ0) is 15.1. The Morgan fingerprint density at radius 2 is 2.00 bits per heavy atom. The van der Waals surface area contributed by atoms with Gasteiger partial charge >= 0.3 is 5.97 Å². The molecule has 1 rings (SSSR count). The summed E-state index contributed by atoms with van der Waals surface area (Å²) in [5.41, 5.74) is 0.664. The highest BCUT2D eigenvalue weighted by Gasteiger charge is 2.09. The number of hydrogen-bond acceptors (Lipinski definition) is 4. The van der Waals surface area contributed by atoms with Gasteiger partial charge in [-0.2, -0.15) is 0 Å². The predicted molar refractivity (Wildman–Crippen MR) is 77.8 cm³/mol. The van der Waals surface area contributed by atoms with E-state index in [1.54, 1.807) is 25.1 Å². The van der Waals surface area contributed by atoms with Crippen LogP contribution < -0.4 is 0 Å². The molecular formula is C14H12Cl2O4. The minimum atomic E-state index is -0.941. The molecule has 0 saturated heterocycles. The van der Waals surface area contributed by atoms with E-state index in [4.69, 9.17) is 23.2 Å². The quantitative estimate of drug-likeness (QED) is 0.512. The highest BCUT2D eigenvalue weighted by Crippen LogP contribution is 2.23. The molecule has 6 heteroatoms. The van der Waals surface area contributed by atoms with Crippen molar-refractivity contribution in [1.29, 1.82) is 0 Å². The second kappa shape index (κ2) is 7.72. The Hall–Kier alpha value is -1.78. The molecule has 1 aromatic rings. The Labute approximate surface area is 126 Å². The summed E-state index contributed by atoms with van der Waals surface area (Å²) in [6, 6.07) is 4.86. The summed E-state index contributed by atoms with van der Waals surface area (Å²) in [6.07, 6.45) is 3.46. The Balaban J connectivity index is 2.74. The van der Waals surface area contributed by atoms with Crippen LogP contribution in [0.1, 0.15) is 12.5 Å². The largest absolute Gasteiger partial charge is 0.502 e. The molecule has 106 valence electrons. The number of hydrogen-bond donors (Lipinski definition) is 1. The number of ketones is 1. The molecule has 1 N–H and O–H groups in total. The van der Waals surface area contributed by atoms with Crippen molar-refractivity contribution in [2.75, 3.05) is 6.61 Å². The molecular weight excluding hydrogens is 303 g/mol. The van der Waals surface area contributed by atoms with Crippen molar-refractivity contribution in [3.05, 3.63) is 51.7 Å². The first-order valence-corrected chi connectivity index (χ1v) is 6.44. The topological polar surface area (TPSA) is 63.6 Å². The smallest absolute Gasteiger partial charge is 0.373 e. The fourth-order valence-electron chi connectivity index (χ4n) is 1.24. The average molecular weight is 315 g/mol. The Bertz CT molecular complexity index is 577. The third kappa shape index (κ3) is 5.07. The molecule has 0 aromatic heterocycles. The van der Waals surface area contributed by atoms with Crippen molar-refractivity contribution in [3.63, 3.8) is 0 Å². The third-order valence-corrected chi connectivity index (χ3v) is 2.89. The van der Waals surface area contributed by atoms with Gasteiger partial charge in [-0.25, -0.2) is 4.79 Å². The van der Waals surface area contributed by atoms with Gasteiger partial charge in [0, 0.05) is 6.08 Å². The number of allylic oxidation sites excluding steroid dienone is 2. The lowest BCUT2D eigenvalue weighted by Crippen LogP contribution is -2.08. The van der Waals surface area contributed by atoms with Crippen molar-refractivity contribution in [2.45, 2.75) is 6.92 Å². The molecule has 0 heterocycles. The molecule has 4 nitrogen and oxygen atoms in total. The van der Waals surface area contributed by atoms with Crippen LogP contribution in [0.5, 0.6) is 0 Å². The van der Waals surface area contributed by atoms with Gasteiger partial charge in [0.1, 0.15) is 0 Å². The number of carbonyl (C=O) groups is 2. The molecule has 0 saturated carbocycles. The molecule has 0 bridgehead atoms. The molecule has 0 atom stereocenters. The summed E-state index contributed by atoms with van der Waals surface area (Å²) >= 11 is 11.6. The van der Waals surface area contributed by atoms with Crippen LogP contribution in [0.15, 0.2) is 36.1 Å². The van der Waals surface area contributed by atoms with E-state index >= 15 is 0 Å². The van der Waals surface area contributed by atoms with Crippen LogP contribution in [-0.4, -0.2) is 23.5 Å². The van der Waals surface area contributed by atoms with Crippen molar-refractivity contribution < 1.29 is 19.4 Å². The molecule has 0 amide bonds. The second-order valence-corrected chi connectivity index (χ2v) is 4.47. The standard InChI is InChI=1S/C14H12Cl2O4/c1-2-20-14(19)13(18)8-10(17)5-3-9-4-6-11(15)12(16)7-9/h3-8,18H,2H2,1H3/b5-3+,13-8-. The maximum absolute atomic E-state index is 11.5. The van der Waals surface area contributed by atoms with E-state index in [9.17, 15) is 14.7 Å². The van der Waals surface area contributed by atoms with E-state index in [0.29, 0.717) is 15.6 Å². The van der Waals surface area contributed by atoms with Gasteiger partial charge in [-0.15, -0.1) is 0 Å². The van der Waals surface area contributed by atoms with E-state index < -0.39 is 17.5 Å². The highest BCUT2D eigenvalue weighted by molar-refractivity contribution is 6.42. The Morgan fingerprint density at radius 3 is 2.60 bits per heavy atom. The predicted octanol–water partition coefficient (Wildman–Crippen LogP) is 3.58. The summed E-state index contributed by atoms with van der Waals surface area (Å²) in [5, 5.41) is 10.1. The minimum Gasteiger partial charge on any atom is -0.502 e. The van der Waals surface area contributed by atoms with Crippen LogP contribution in [0.25, 0.3) is 6.08 Å². The molecule has 1 aromatic carbocycles. The van der Waals surface area contributed by atoms with E-state index in [-0.39, 0.29) is 6.61 Å². The van der Waals surface area contributed by atoms with Crippen LogP contribution in [0.3, 0.4) is 0 Å². The zero-order valence-electron chi connectivity index (χ0n) is 10.6. The lowest BCUT2D eigenvalue weighted by atomic mass is 10.2. The number of halogens is 2. The van der Waals surface area contributed by atoms with Crippen molar-refractivity contribution in [1.82, 2.24) is 0 Å². The number of benzene rings is 1. The van der Waals surface area contributed by atoms with Crippen LogP contribution in [0.2, 0.25) is 10.0 Å². The molecule has 0 aliphatic heterocycles. The first-order chi connectivity index (χ1) is 9.43. The van der Waals surface area contributed by atoms with Gasteiger partial charge < -0.3 is 9.84 Å². The number of ether oxygens (including phenoxy) is 1. The number of rotatable bonds is 5. The molecule has 0 spiro atoms. The normalized spacial score (nSPS) is 11.7. The monoisotopic (exact) mass is 314 g/mol. The molecule has 0 aliphatic carbocycles. The Kier molecular flexibility index (Phi) is 6.28. The lowest BCUT2D eigenvalue weighted by molar-refractivity contribution is -0.141. The van der Waals surface area contributed by atoms with Gasteiger partial charge in [-0.1, -0.05) is 35.3 Å². The highest BCUT2D eigenvalue weighted by atomic mass is 35.5. The van der Waals surface area contributed by atoms with Gasteiger partial charge in [0.15, 0.2) is 5.78 Å². The van der Waals surface area contributed by atoms with Crippen LogP contribution in [0.4, 0.5) is 0 Å². The fourth-order valence-corrected chi connectivity index (χ4v) is 1.55. The van der Waals surface area contributed by atoms with Gasteiger partial charge in [0.25, 0.3) is 0 Å².